The van der Waals surface area contributed by atoms with E-state index in [0.717, 1.165) is 5.56 Å². The number of benzene rings is 1. The van der Waals surface area contributed by atoms with E-state index < -0.39 is 0 Å². The fourth-order valence-corrected chi connectivity index (χ4v) is 1.72. The van der Waals surface area contributed by atoms with Crippen LogP contribution in [0.4, 0.5) is 11.4 Å². The van der Waals surface area contributed by atoms with Crippen molar-refractivity contribution < 1.29 is 15.0 Å². The fourth-order valence-electron chi connectivity index (χ4n) is 1.72. The van der Waals surface area contributed by atoms with Crippen LogP contribution in [0.3, 0.4) is 0 Å². The zero-order chi connectivity index (χ0) is 14.3. The van der Waals surface area contributed by atoms with Crippen molar-refractivity contribution in [3.8, 4) is 0 Å². The molecule has 0 heterocycles. The molecule has 1 rings (SSSR count). The van der Waals surface area contributed by atoms with E-state index in [-0.39, 0.29) is 25.7 Å². The fraction of sp³-hybridized carbons (Fsp3) is 0.462. The Kier molecular flexibility index (Phi) is 6.27. The van der Waals surface area contributed by atoms with Gasteiger partial charge in [0.15, 0.2) is 0 Å². The van der Waals surface area contributed by atoms with Crippen molar-refractivity contribution in [3.05, 3.63) is 23.8 Å². The van der Waals surface area contributed by atoms with Gasteiger partial charge in [0, 0.05) is 24.5 Å². The van der Waals surface area contributed by atoms with Gasteiger partial charge in [0.2, 0.25) is 5.91 Å². The minimum Gasteiger partial charge on any atom is -0.399 e. The van der Waals surface area contributed by atoms with E-state index in [1.165, 1.54) is 0 Å². The Bertz CT molecular complexity index is 418. The molecule has 0 aromatic heterocycles. The van der Waals surface area contributed by atoms with Crippen LogP contribution in [0.1, 0.15) is 5.56 Å². The average molecular weight is 267 g/mol. The molecule has 19 heavy (non-hydrogen) atoms. The second kappa shape index (κ2) is 7.73. The molecule has 1 amide bonds. The number of rotatable bonds is 7. The van der Waals surface area contributed by atoms with Crippen LogP contribution in [0.5, 0.6) is 0 Å². The van der Waals surface area contributed by atoms with Crippen LogP contribution in [0.15, 0.2) is 18.2 Å². The Hall–Kier alpha value is -1.63. The van der Waals surface area contributed by atoms with E-state index >= 15 is 0 Å². The lowest BCUT2D eigenvalue weighted by Gasteiger charge is -2.19. The molecule has 0 fully saturated rings. The molecule has 0 saturated heterocycles. The van der Waals surface area contributed by atoms with Gasteiger partial charge in [0.05, 0.1) is 19.8 Å². The monoisotopic (exact) mass is 267 g/mol. The lowest BCUT2D eigenvalue weighted by atomic mass is 10.2. The molecule has 0 aliphatic rings. The van der Waals surface area contributed by atoms with Crippen molar-refractivity contribution in [2.24, 2.45) is 0 Å². The number of nitrogen functional groups attached to an aromatic ring is 1. The topological polar surface area (TPSA) is 98.8 Å². The quantitative estimate of drug-likeness (QED) is 0.513. The van der Waals surface area contributed by atoms with Gasteiger partial charge in [0.25, 0.3) is 0 Å². The molecule has 6 nitrogen and oxygen atoms in total. The lowest BCUT2D eigenvalue weighted by Crippen LogP contribution is -2.37. The first kappa shape index (κ1) is 15.4. The van der Waals surface area contributed by atoms with Gasteiger partial charge >= 0.3 is 0 Å². The number of nitrogens with zero attached hydrogens (tertiary/aromatic N) is 1. The van der Waals surface area contributed by atoms with Crippen molar-refractivity contribution in [1.82, 2.24) is 4.90 Å². The summed E-state index contributed by atoms with van der Waals surface area (Å²) in [6, 6.07) is 5.31. The van der Waals surface area contributed by atoms with Crippen LogP contribution in [0.25, 0.3) is 0 Å². The van der Waals surface area contributed by atoms with E-state index in [4.69, 9.17) is 15.9 Å². The van der Waals surface area contributed by atoms with Crippen LogP contribution < -0.4 is 11.1 Å². The van der Waals surface area contributed by atoms with Crippen molar-refractivity contribution in [2.45, 2.75) is 6.92 Å². The van der Waals surface area contributed by atoms with Crippen LogP contribution >= 0.6 is 0 Å². The first-order valence-corrected chi connectivity index (χ1v) is 6.17. The summed E-state index contributed by atoms with van der Waals surface area (Å²) in [5, 5.41) is 20.5. The zero-order valence-electron chi connectivity index (χ0n) is 11.1. The number of nitrogens with one attached hydrogen (secondary N) is 1. The molecular weight excluding hydrogens is 246 g/mol. The van der Waals surface area contributed by atoms with E-state index in [1.54, 1.807) is 17.0 Å². The molecule has 0 saturated carbocycles. The number of aliphatic hydroxyl groups is 2. The molecule has 1 aromatic rings. The minimum absolute atomic E-state index is 0.0510. The van der Waals surface area contributed by atoms with Gasteiger partial charge < -0.3 is 21.3 Å². The second-order valence-electron chi connectivity index (χ2n) is 4.35. The maximum Gasteiger partial charge on any atom is 0.238 e. The summed E-state index contributed by atoms with van der Waals surface area (Å²) in [6.45, 7) is 2.60. The molecule has 0 spiro atoms. The molecule has 0 unspecified atom stereocenters. The Morgan fingerprint density at radius 2 is 1.95 bits per heavy atom. The van der Waals surface area contributed by atoms with Crippen LogP contribution in [-0.4, -0.2) is 53.9 Å². The predicted octanol–water partition coefficient (Wildman–Crippen LogP) is -0.198. The maximum absolute atomic E-state index is 11.9. The highest BCUT2D eigenvalue weighted by molar-refractivity contribution is 5.93. The van der Waals surface area contributed by atoms with Gasteiger partial charge in [0.1, 0.15) is 0 Å². The van der Waals surface area contributed by atoms with Gasteiger partial charge in [-0.05, 0) is 24.6 Å². The third-order valence-electron chi connectivity index (χ3n) is 2.74. The van der Waals surface area contributed by atoms with Gasteiger partial charge in [-0.15, -0.1) is 0 Å². The van der Waals surface area contributed by atoms with Gasteiger partial charge in [-0.25, -0.2) is 0 Å². The maximum atomic E-state index is 11.9. The third kappa shape index (κ3) is 5.25. The van der Waals surface area contributed by atoms with E-state index in [0.29, 0.717) is 24.5 Å². The number of hydrogen-bond acceptors (Lipinski definition) is 5. The molecule has 5 N–H and O–H groups in total. The average Bonchev–Trinajstić information content (AvgIpc) is 2.34. The molecule has 0 aliphatic heterocycles. The molecule has 0 bridgehead atoms. The summed E-state index contributed by atoms with van der Waals surface area (Å²) in [5.74, 6) is -0.199. The SMILES string of the molecule is Cc1ccc(N)cc1NC(=O)CN(CCO)CCO. The van der Waals surface area contributed by atoms with Gasteiger partial charge in [-0.2, -0.15) is 0 Å². The number of amides is 1. The first-order chi connectivity index (χ1) is 9.06. The Labute approximate surface area is 112 Å². The predicted molar refractivity (Wildman–Crippen MR) is 74.8 cm³/mol. The highest BCUT2D eigenvalue weighted by Gasteiger charge is 2.11. The second-order valence-corrected chi connectivity index (χ2v) is 4.35. The number of carbonyl (C=O) groups is 1. The van der Waals surface area contributed by atoms with Crippen molar-refractivity contribution in [1.29, 1.82) is 0 Å². The highest BCUT2D eigenvalue weighted by atomic mass is 16.3. The number of anilines is 2. The molecule has 1 aromatic carbocycles. The number of hydrogen-bond donors (Lipinski definition) is 4. The molecule has 6 heteroatoms. The Balaban J connectivity index is 2.60. The van der Waals surface area contributed by atoms with Gasteiger partial charge in [-0.1, -0.05) is 6.07 Å². The lowest BCUT2D eigenvalue weighted by molar-refractivity contribution is -0.117. The first-order valence-electron chi connectivity index (χ1n) is 6.17. The summed E-state index contributed by atoms with van der Waals surface area (Å²) in [5.41, 5.74) is 7.87. The summed E-state index contributed by atoms with van der Waals surface area (Å²) in [6.07, 6.45) is 0. The molecule has 0 atom stereocenters. The number of aliphatic hydroxyl groups excluding tert-OH is 2. The van der Waals surface area contributed by atoms with Crippen molar-refractivity contribution >= 4 is 17.3 Å². The van der Waals surface area contributed by atoms with Crippen molar-refractivity contribution in [2.75, 3.05) is 43.9 Å². The smallest absolute Gasteiger partial charge is 0.238 e. The molecule has 0 radical (unpaired) electrons. The molecular formula is C13H21N3O3. The summed E-state index contributed by atoms with van der Waals surface area (Å²) in [4.78, 5) is 13.6. The zero-order valence-corrected chi connectivity index (χ0v) is 11.1. The standard InChI is InChI=1S/C13H21N3O3/c1-10-2-3-11(14)8-12(10)15-13(19)9-16(4-6-17)5-7-18/h2-3,8,17-18H,4-7,9,14H2,1H3,(H,15,19). The van der Waals surface area contributed by atoms with Crippen LogP contribution in [0, 0.1) is 6.92 Å². The molecule has 0 aliphatic carbocycles. The Morgan fingerprint density at radius 3 is 2.53 bits per heavy atom. The van der Waals surface area contributed by atoms with Crippen LogP contribution in [0.2, 0.25) is 0 Å². The number of carbonyl (C=O) groups excluding carboxylic acids is 1. The summed E-state index contributed by atoms with van der Waals surface area (Å²) in [7, 11) is 0. The van der Waals surface area contributed by atoms with E-state index in [1.807, 2.05) is 13.0 Å². The summed E-state index contributed by atoms with van der Waals surface area (Å²) >= 11 is 0. The van der Waals surface area contributed by atoms with E-state index in [2.05, 4.69) is 5.32 Å². The minimum atomic E-state index is -0.199. The number of aryl methyl sites for hydroxylation is 1. The van der Waals surface area contributed by atoms with Crippen LogP contribution in [-0.2, 0) is 4.79 Å². The van der Waals surface area contributed by atoms with E-state index in [9.17, 15) is 4.79 Å². The Morgan fingerprint density at radius 1 is 1.32 bits per heavy atom. The molecule has 106 valence electrons. The number of nitrogens with two attached hydrogens (primary N) is 1. The normalized spacial score (nSPS) is 10.7. The van der Waals surface area contributed by atoms with Crippen molar-refractivity contribution in [3.63, 3.8) is 0 Å². The summed E-state index contributed by atoms with van der Waals surface area (Å²) < 4.78 is 0. The van der Waals surface area contributed by atoms with Gasteiger partial charge in [-0.3, -0.25) is 9.69 Å². The third-order valence-corrected chi connectivity index (χ3v) is 2.74. The highest BCUT2D eigenvalue weighted by Crippen LogP contribution is 2.17. The largest absolute Gasteiger partial charge is 0.399 e.